The van der Waals surface area contributed by atoms with Crippen molar-refractivity contribution < 1.29 is 9.18 Å². The standard InChI is InChI=1S/C20H24FN3O/c1-14-12-22-23-18(14)11-15-5-4-10-24(13-15)19(25)20(8-9-20)16-6-2-3-7-17(16)21/h2-3,6-7,12,15H,4-5,8-11,13H2,1H3,(H,22,23)/t15-/m1/s1. The molecule has 0 radical (unpaired) electrons. The average Bonchev–Trinajstić information content (AvgIpc) is 3.33. The molecule has 2 heterocycles. The summed E-state index contributed by atoms with van der Waals surface area (Å²) in [6, 6.07) is 6.74. The van der Waals surface area contributed by atoms with E-state index < -0.39 is 5.41 Å². The summed E-state index contributed by atoms with van der Waals surface area (Å²) in [4.78, 5) is 15.2. The monoisotopic (exact) mass is 341 g/mol. The molecule has 4 rings (SSSR count). The number of piperidine rings is 1. The van der Waals surface area contributed by atoms with E-state index in [1.54, 1.807) is 12.1 Å². The molecule has 1 N–H and O–H groups in total. The molecule has 5 heteroatoms. The molecule has 1 aromatic heterocycles. The molecule has 1 aliphatic carbocycles. The SMILES string of the molecule is Cc1cn[nH]c1C[C@H]1CCCN(C(=O)C2(c3ccccc3F)CC2)C1. The number of carbonyl (C=O) groups is 1. The summed E-state index contributed by atoms with van der Waals surface area (Å²) in [7, 11) is 0. The lowest BCUT2D eigenvalue weighted by Gasteiger charge is -2.35. The average molecular weight is 341 g/mol. The molecule has 1 amide bonds. The summed E-state index contributed by atoms with van der Waals surface area (Å²) in [6.45, 7) is 3.60. The van der Waals surface area contributed by atoms with Crippen LogP contribution in [0, 0.1) is 18.7 Å². The highest BCUT2D eigenvalue weighted by Gasteiger charge is 2.54. The predicted octanol–water partition coefficient (Wildman–Crippen LogP) is 3.37. The highest BCUT2D eigenvalue weighted by atomic mass is 19.1. The lowest BCUT2D eigenvalue weighted by molar-refractivity contribution is -0.135. The van der Waals surface area contributed by atoms with Gasteiger partial charge >= 0.3 is 0 Å². The Morgan fingerprint density at radius 2 is 2.20 bits per heavy atom. The number of halogens is 1. The van der Waals surface area contributed by atoms with Gasteiger partial charge in [0.1, 0.15) is 5.82 Å². The van der Waals surface area contributed by atoms with Gasteiger partial charge in [0.25, 0.3) is 0 Å². The van der Waals surface area contributed by atoms with Crippen LogP contribution in [0.15, 0.2) is 30.5 Å². The normalized spacial score (nSPS) is 22.0. The molecule has 132 valence electrons. The Balaban J connectivity index is 1.49. The molecule has 1 saturated heterocycles. The Labute approximate surface area is 147 Å². The second-order valence-electron chi connectivity index (χ2n) is 7.56. The van der Waals surface area contributed by atoms with Gasteiger partial charge in [0, 0.05) is 24.3 Å². The number of nitrogens with zero attached hydrogens (tertiary/aromatic N) is 2. The first kappa shape index (κ1) is 16.3. The van der Waals surface area contributed by atoms with Crippen LogP contribution in [0.4, 0.5) is 4.39 Å². The van der Waals surface area contributed by atoms with Crippen LogP contribution in [0.1, 0.15) is 42.5 Å². The van der Waals surface area contributed by atoms with Crippen LogP contribution in [0.25, 0.3) is 0 Å². The molecule has 0 bridgehead atoms. The van der Waals surface area contributed by atoms with E-state index in [-0.39, 0.29) is 11.7 Å². The number of amides is 1. The fourth-order valence-electron chi connectivity index (χ4n) is 4.16. The van der Waals surface area contributed by atoms with Crippen molar-refractivity contribution >= 4 is 5.91 Å². The van der Waals surface area contributed by atoms with Crippen LogP contribution in [-0.2, 0) is 16.6 Å². The smallest absolute Gasteiger partial charge is 0.233 e. The zero-order valence-electron chi connectivity index (χ0n) is 14.6. The molecule has 1 aromatic carbocycles. The summed E-state index contributed by atoms with van der Waals surface area (Å²) >= 11 is 0. The van der Waals surface area contributed by atoms with Gasteiger partial charge in [0.15, 0.2) is 0 Å². The third kappa shape index (κ3) is 2.96. The van der Waals surface area contributed by atoms with Crippen molar-refractivity contribution in [1.82, 2.24) is 15.1 Å². The third-order valence-electron chi connectivity index (χ3n) is 5.78. The molecule has 1 saturated carbocycles. The number of H-pyrrole nitrogens is 1. The first-order chi connectivity index (χ1) is 12.1. The van der Waals surface area contributed by atoms with Crippen molar-refractivity contribution in [2.24, 2.45) is 5.92 Å². The summed E-state index contributed by atoms with van der Waals surface area (Å²) in [6.07, 6.45) is 6.41. The van der Waals surface area contributed by atoms with Crippen LogP contribution in [-0.4, -0.2) is 34.1 Å². The van der Waals surface area contributed by atoms with Gasteiger partial charge in [-0.1, -0.05) is 18.2 Å². The first-order valence-corrected chi connectivity index (χ1v) is 9.13. The van der Waals surface area contributed by atoms with E-state index in [0.717, 1.165) is 50.9 Å². The van der Waals surface area contributed by atoms with Gasteiger partial charge in [-0.25, -0.2) is 4.39 Å². The zero-order valence-corrected chi connectivity index (χ0v) is 14.6. The molecule has 0 spiro atoms. The number of nitrogens with one attached hydrogen (secondary N) is 1. The molecule has 4 nitrogen and oxygen atoms in total. The van der Waals surface area contributed by atoms with Crippen LogP contribution in [0.3, 0.4) is 0 Å². The lowest BCUT2D eigenvalue weighted by atomic mass is 9.89. The lowest BCUT2D eigenvalue weighted by Crippen LogP contribution is -2.45. The van der Waals surface area contributed by atoms with E-state index in [1.165, 1.54) is 11.6 Å². The predicted molar refractivity (Wildman–Crippen MR) is 93.6 cm³/mol. The second kappa shape index (κ2) is 6.28. The number of aromatic amines is 1. The van der Waals surface area contributed by atoms with Crippen LogP contribution in [0.2, 0.25) is 0 Å². The van der Waals surface area contributed by atoms with E-state index in [0.29, 0.717) is 11.5 Å². The third-order valence-corrected chi connectivity index (χ3v) is 5.78. The molecule has 1 aliphatic heterocycles. The van der Waals surface area contributed by atoms with Crippen LogP contribution >= 0.6 is 0 Å². The number of hydrogen-bond donors (Lipinski definition) is 1. The summed E-state index contributed by atoms with van der Waals surface area (Å²) in [5, 5.41) is 7.16. The quantitative estimate of drug-likeness (QED) is 0.927. The van der Waals surface area contributed by atoms with Crippen LogP contribution in [0.5, 0.6) is 0 Å². The summed E-state index contributed by atoms with van der Waals surface area (Å²) in [5.41, 5.74) is 2.30. The second-order valence-corrected chi connectivity index (χ2v) is 7.56. The van der Waals surface area contributed by atoms with Crippen molar-refractivity contribution in [3.05, 3.63) is 53.1 Å². The topological polar surface area (TPSA) is 49.0 Å². The molecule has 2 aromatic rings. The van der Waals surface area contributed by atoms with Gasteiger partial charge in [-0.3, -0.25) is 9.89 Å². The Morgan fingerprint density at radius 1 is 1.40 bits per heavy atom. The molecule has 0 unspecified atom stereocenters. The number of benzene rings is 1. The molecular formula is C20H24FN3O. The number of rotatable bonds is 4. The zero-order chi connectivity index (χ0) is 17.4. The number of aryl methyl sites for hydroxylation is 1. The molecular weight excluding hydrogens is 317 g/mol. The van der Waals surface area contributed by atoms with E-state index in [9.17, 15) is 9.18 Å². The summed E-state index contributed by atoms with van der Waals surface area (Å²) < 4.78 is 14.2. The van der Waals surface area contributed by atoms with Crippen molar-refractivity contribution in [1.29, 1.82) is 0 Å². The Hall–Kier alpha value is -2.17. The maximum absolute atomic E-state index is 14.2. The van der Waals surface area contributed by atoms with E-state index in [4.69, 9.17) is 0 Å². The highest BCUT2D eigenvalue weighted by molar-refractivity contribution is 5.91. The fourth-order valence-corrected chi connectivity index (χ4v) is 4.16. The minimum Gasteiger partial charge on any atom is -0.342 e. The van der Waals surface area contributed by atoms with Crippen molar-refractivity contribution in [3.8, 4) is 0 Å². The maximum Gasteiger partial charge on any atom is 0.233 e. The molecule has 25 heavy (non-hydrogen) atoms. The van der Waals surface area contributed by atoms with Crippen LogP contribution < -0.4 is 0 Å². The number of aromatic nitrogens is 2. The Bertz CT molecular complexity index is 781. The molecule has 2 aliphatic rings. The van der Waals surface area contributed by atoms with E-state index >= 15 is 0 Å². The Morgan fingerprint density at radius 3 is 2.88 bits per heavy atom. The number of carbonyl (C=O) groups excluding carboxylic acids is 1. The van der Waals surface area contributed by atoms with E-state index in [1.807, 2.05) is 17.2 Å². The number of hydrogen-bond acceptors (Lipinski definition) is 2. The van der Waals surface area contributed by atoms with Crippen molar-refractivity contribution in [2.45, 2.75) is 44.4 Å². The van der Waals surface area contributed by atoms with E-state index in [2.05, 4.69) is 17.1 Å². The largest absolute Gasteiger partial charge is 0.342 e. The van der Waals surface area contributed by atoms with Gasteiger partial charge < -0.3 is 4.90 Å². The van der Waals surface area contributed by atoms with Gasteiger partial charge in [-0.2, -0.15) is 5.10 Å². The van der Waals surface area contributed by atoms with Gasteiger partial charge in [0.05, 0.1) is 11.6 Å². The number of likely N-dealkylation sites (tertiary alicyclic amines) is 1. The molecule has 1 atom stereocenters. The minimum atomic E-state index is -0.614. The van der Waals surface area contributed by atoms with Gasteiger partial charge in [-0.05, 0) is 56.6 Å². The minimum absolute atomic E-state index is 0.114. The van der Waals surface area contributed by atoms with Gasteiger partial charge in [0.2, 0.25) is 5.91 Å². The molecule has 2 fully saturated rings. The highest BCUT2D eigenvalue weighted by Crippen LogP contribution is 2.50. The first-order valence-electron chi connectivity index (χ1n) is 9.13. The van der Waals surface area contributed by atoms with Gasteiger partial charge in [-0.15, -0.1) is 0 Å². The maximum atomic E-state index is 14.2. The van der Waals surface area contributed by atoms with Crippen molar-refractivity contribution in [3.63, 3.8) is 0 Å². The summed E-state index contributed by atoms with van der Waals surface area (Å²) in [5.74, 6) is 0.298. The fraction of sp³-hybridized carbons (Fsp3) is 0.500. The van der Waals surface area contributed by atoms with Crippen molar-refractivity contribution in [2.75, 3.05) is 13.1 Å². The Kier molecular flexibility index (Phi) is 4.10.